The fourth-order valence-electron chi connectivity index (χ4n) is 3.37. The number of aryl methyl sites for hydroxylation is 2. The number of halogens is 1. The van der Waals surface area contributed by atoms with E-state index in [0.717, 1.165) is 68.3 Å². The number of nitrogens with one attached hydrogen (secondary N) is 1. The van der Waals surface area contributed by atoms with E-state index in [-0.39, 0.29) is 18.3 Å². The zero-order chi connectivity index (χ0) is 16.1. The Hall–Kier alpha value is -1.07. The molecule has 0 spiro atoms. The Morgan fingerprint density at radius 1 is 1.30 bits per heavy atom. The first-order valence-corrected chi connectivity index (χ1v) is 8.56. The molecule has 1 saturated heterocycles. The van der Waals surface area contributed by atoms with Crippen molar-refractivity contribution in [2.75, 3.05) is 26.7 Å². The van der Waals surface area contributed by atoms with Crippen molar-refractivity contribution in [1.29, 1.82) is 0 Å². The van der Waals surface area contributed by atoms with Crippen LogP contribution in [0.3, 0.4) is 0 Å². The first-order chi connectivity index (χ1) is 10.6. The number of carbonyl (C=O) groups is 1. The normalized spacial score (nSPS) is 15.6. The molecular weight excluding hydrogens is 312 g/mol. The number of hydrogen-bond acceptors (Lipinski definition) is 3. The van der Waals surface area contributed by atoms with Crippen molar-refractivity contribution >= 4 is 18.3 Å². The summed E-state index contributed by atoms with van der Waals surface area (Å²) < 4.78 is 1.97. The van der Waals surface area contributed by atoms with Crippen molar-refractivity contribution < 1.29 is 4.79 Å². The summed E-state index contributed by atoms with van der Waals surface area (Å²) in [6, 6.07) is 0. The monoisotopic (exact) mass is 342 g/mol. The molecule has 1 aliphatic rings. The first kappa shape index (κ1) is 20.0. The third-order valence-electron chi connectivity index (χ3n) is 4.74. The Balaban J connectivity index is 0.00000264. The number of hydrogen-bond donors (Lipinski definition) is 1. The van der Waals surface area contributed by atoms with Crippen LogP contribution in [0, 0.1) is 19.8 Å². The van der Waals surface area contributed by atoms with Crippen LogP contribution in [0.15, 0.2) is 0 Å². The summed E-state index contributed by atoms with van der Waals surface area (Å²) in [6.45, 7) is 9.81. The van der Waals surface area contributed by atoms with Gasteiger partial charge < -0.3 is 10.2 Å². The van der Waals surface area contributed by atoms with E-state index in [1.165, 1.54) is 6.42 Å². The zero-order valence-electron chi connectivity index (χ0n) is 14.9. The quantitative estimate of drug-likeness (QED) is 0.864. The number of piperidine rings is 1. The van der Waals surface area contributed by atoms with E-state index < -0.39 is 0 Å². The molecule has 2 heterocycles. The minimum Gasteiger partial charge on any atom is -0.339 e. The summed E-state index contributed by atoms with van der Waals surface area (Å²) >= 11 is 0. The zero-order valence-corrected chi connectivity index (χ0v) is 15.7. The maximum atomic E-state index is 12.8. The van der Waals surface area contributed by atoms with Crippen LogP contribution in [0.2, 0.25) is 0 Å². The lowest BCUT2D eigenvalue weighted by atomic mass is 9.93. The number of rotatable bonds is 6. The molecule has 0 atom stereocenters. The number of aromatic nitrogens is 2. The third kappa shape index (κ3) is 4.70. The minimum absolute atomic E-state index is 0. The second-order valence-electron chi connectivity index (χ2n) is 6.40. The van der Waals surface area contributed by atoms with Crippen LogP contribution in [0.4, 0.5) is 0 Å². The number of nitrogens with zero attached hydrogens (tertiary/aromatic N) is 3. The summed E-state index contributed by atoms with van der Waals surface area (Å²) in [5.74, 6) is 0.922. The van der Waals surface area contributed by atoms with Gasteiger partial charge in [-0.3, -0.25) is 9.48 Å². The molecule has 2 rings (SSSR count). The van der Waals surface area contributed by atoms with Gasteiger partial charge in [-0.05, 0) is 59.0 Å². The molecule has 132 valence electrons. The van der Waals surface area contributed by atoms with Crippen LogP contribution < -0.4 is 5.32 Å². The minimum atomic E-state index is 0. The van der Waals surface area contributed by atoms with Gasteiger partial charge in [0.25, 0.3) is 5.91 Å². The molecule has 0 unspecified atom stereocenters. The lowest BCUT2D eigenvalue weighted by molar-refractivity contribution is 0.0685. The molecule has 1 aliphatic heterocycles. The first-order valence-electron chi connectivity index (χ1n) is 8.56. The highest BCUT2D eigenvalue weighted by molar-refractivity contribution is 5.96. The van der Waals surface area contributed by atoms with Gasteiger partial charge in [-0.2, -0.15) is 5.10 Å². The summed E-state index contributed by atoms with van der Waals surface area (Å²) in [5.41, 5.74) is 2.71. The molecule has 0 radical (unpaired) electrons. The lowest BCUT2D eigenvalue weighted by Gasteiger charge is -2.32. The van der Waals surface area contributed by atoms with Crippen molar-refractivity contribution in [3.05, 3.63) is 17.0 Å². The predicted octanol–water partition coefficient (Wildman–Crippen LogP) is 2.79. The van der Waals surface area contributed by atoms with Gasteiger partial charge in [-0.25, -0.2) is 0 Å². The largest absolute Gasteiger partial charge is 0.339 e. The van der Waals surface area contributed by atoms with Gasteiger partial charge in [-0.1, -0.05) is 6.92 Å². The SMILES string of the molecule is CCCn1nc(C)c(C(=O)N2CCC(CCNC)CC2)c1C.Cl. The van der Waals surface area contributed by atoms with Crippen LogP contribution in [0.5, 0.6) is 0 Å². The molecule has 0 aliphatic carbocycles. The van der Waals surface area contributed by atoms with Gasteiger partial charge in [0.15, 0.2) is 0 Å². The standard InChI is InChI=1S/C17H30N4O.ClH/c1-5-10-21-14(3)16(13(2)19-21)17(22)20-11-7-15(8-12-20)6-9-18-4;/h15,18H,5-12H2,1-4H3;1H. The van der Waals surface area contributed by atoms with E-state index in [4.69, 9.17) is 0 Å². The van der Waals surface area contributed by atoms with Crippen molar-refractivity contribution in [3.63, 3.8) is 0 Å². The van der Waals surface area contributed by atoms with Gasteiger partial charge in [0, 0.05) is 25.3 Å². The molecule has 1 amide bonds. The summed E-state index contributed by atoms with van der Waals surface area (Å²) in [5, 5.41) is 7.75. The summed E-state index contributed by atoms with van der Waals surface area (Å²) in [7, 11) is 2.00. The van der Waals surface area contributed by atoms with Crippen LogP contribution in [-0.4, -0.2) is 47.3 Å². The second-order valence-corrected chi connectivity index (χ2v) is 6.40. The van der Waals surface area contributed by atoms with Crippen LogP contribution in [0.25, 0.3) is 0 Å². The van der Waals surface area contributed by atoms with E-state index >= 15 is 0 Å². The molecule has 0 aromatic carbocycles. The molecule has 5 nitrogen and oxygen atoms in total. The van der Waals surface area contributed by atoms with Gasteiger partial charge in [-0.15, -0.1) is 12.4 Å². The average molecular weight is 343 g/mol. The topological polar surface area (TPSA) is 50.2 Å². The Labute approximate surface area is 146 Å². The fraction of sp³-hybridized carbons (Fsp3) is 0.765. The van der Waals surface area contributed by atoms with Crippen molar-refractivity contribution in [1.82, 2.24) is 20.0 Å². The molecule has 1 N–H and O–H groups in total. The van der Waals surface area contributed by atoms with Crippen LogP contribution in [0.1, 0.15) is 54.4 Å². The van der Waals surface area contributed by atoms with E-state index in [0.29, 0.717) is 0 Å². The van der Waals surface area contributed by atoms with E-state index in [2.05, 4.69) is 17.3 Å². The van der Waals surface area contributed by atoms with Crippen LogP contribution >= 0.6 is 12.4 Å². The summed E-state index contributed by atoms with van der Waals surface area (Å²) in [6.07, 6.45) is 4.49. The Kier molecular flexibility index (Phi) is 8.06. The number of carbonyl (C=O) groups excluding carboxylic acids is 1. The molecule has 23 heavy (non-hydrogen) atoms. The highest BCUT2D eigenvalue weighted by Crippen LogP contribution is 2.23. The molecule has 0 saturated carbocycles. The van der Waals surface area contributed by atoms with E-state index in [9.17, 15) is 4.79 Å². The number of amides is 1. The number of likely N-dealkylation sites (tertiary alicyclic amines) is 1. The highest BCUT2D eigenvalue weighted by atomic mass is 35.5. The lowest BCUT2D eigenvalue weighted by Crippen LogP contribution is -2.39. The molecule has 1 aromatic rings. The fourth-order valence-corrected chi connectivity index (χ4v) is 3.37. The molecular formula is C17H31ClN4O. The van der Waals surface area contributed by atoms with Crippen molar-refractivity contribution in [2.45, 2.75) is 53.0 Å². The Morgan fingerprint density at radius 2 is 1.96 bits per heavy atom. The van der Waals surface area contributed by atoms with Crippen molar-refractivity contribution in [2.24, 2.45) is 5.92 Å². The molecule has 1 aromatic heterocycles. The summed E-state index contributed by atoms with van der Waals surface area (Å²) in [4.78, 5) is 14.9. The van der Waals surface area contributed by atoms with Crippen LogP contribution in [-0.2, 0) is 6.54 Å². The molecule has 1 fully saturated rings. The van der Waals surface area contributed by atoms with Gasteiger partial charge >= 0.3 is 0 Å². The van der Waals surface area contributed by atoms with E-state index in [1.54, 1.807) is 0 Å². The van der Waals surface area contributed by atoms with Crippen molar-refractivity contribution in [3.8, 4) is 0 Å². The van der Waals surface area contributed by atoms with Gasteiger partial charge in [0.05, 0.1) is 11.3 Å². The van der Waals surface area contributed by atoms with Gasteiger partial charge in [0.2, 0.25) is 0 Å². The second kappa shape index (κ2) is 9.28. The Morgan fingerprint density at radius 3 is 2.52 bits per heavy atom. The maximum Gasteiger partial charge on any atom is 0.257 e. The van der Waals surface area contributed by atoms with Gasteiger partial charge in [0.1, 0.15) is 0 Å². The van der Waals surface area contributed by atoms with E-state index in [1.807, 2.05) is 30.5 Å². The predicted molar refractivity (Wildman–Crippen MR) is 96.4 cm³/mol. The molecule has 0 bridgehead atoms. The average Bonchev–Trinajstić information content (AvgIpc) is 2.80. The smallest absolute Gasteiger partial charge is 0.257 e. The maximum absolute atomic E-state index is 12.8. The third-order valence-corrected chi connectivity index (χ3v) is 4.74. The highest BCUT2D eigenvalue weighted by Gasteiger charge is 2.27. The Bertz CT molecular complexity index is 507. The molecule has 6 heteroatoms.